The second kappa shape index (κ2) is 5.72. The van der Waals surface area contributed by atoms with Crippen LogP contribution in [0.1, 0.15) is 6.92 Å². The smallest absolute Gasteiger partial charge is 0.200 e. The molecular weight excluding hydrogens is 293 g/mol. The number of rotatable bonds is 5. The lowest BCUT2D eigenvalue weighted by Crippen LogP contribution is -2.19. The van der Waals surface area contributed by atoms with Crippen LogP contribution < -0.4 is 5.32 Å². The van der Waals surface area contributed by atoms with E-state index in [0.717, 1.165) is 0 Å². The van der Waals surface area contributed by atoms with Crippen molar-refractivity contribution < 1.29 is 30.4 Å². The quantitative estimate of drug-likeness (QED) is 0.515. The van der Waals surface area contributed by atoms with Crippen LogP contribution in [0.3, 0.4) is 0 Å². The first kappa shape index (κ1) is 15.7. The van der Waals surface area contributed by atoms with Crippen LogP contribution in [0, 0.1) is 29.1 Å². The number of sulfone groups is 1. The molecule has 9 heteroatoms. The third-order valence-electron chi connectivity index (χ3n) is 2.36. The molecule has 0 amide bonds. The van der Waals surface area contributed by atoms with E-state index in [2.05, 4.69) is 0 Å². The zero-order valence-corrected chi connectivity index (χ0v) is 10.6. The average molecular weight is 303 g/mol. The molecule has 0 aliphatic rings. The van der Waals surface area contributed by atoms with Crippen molar-refractivity contribution in [2.45, 2.75) is 6.92 Å². The van der Waals surface area contributed by atoms with Gasteiger partial charge < -0.3 is 5.32 Å². The van der Waals surface area contributed by atoms with Crippen LogP contribution in [0.4, 0.5) is 27.6 Å². The predicted octanol–water partition coefficient (Wildman–Crippen LogP) is 2.23. The highest BCUT2D eigenvalue weighted by Gasteiger charge is 2.25. The third kappa shape index (κ3) is 3.34. The zero-order valence-electron chi connectivity index (χ0n) is 9.74. The molecule has 1 rings (SSSR count). The molecular formula is C10H10F5NO2S. The number of anilines is 1. The zero-order chi connectivity index (χ0) is 14.8. The van der Waals surface area contributed by atoms with E-state index >= 15 is 0 Å². The molecule has 19 heavy (non-hydrogen) atoms. The van der Waals surface area contributed by atoms with E-state index in [1.165, 1.54) is 6.92 Å². The van der Waals surface area contributed by atoms with Crippen molar-refractivity contribution in [1.82, 2.24) is 0 Å². The predicted molar refractivity (Wildman–Crippen MR) is 59.0 cm³/mol. The molecule has 108 valence electrons. The Balaban J connectivity index is 2.97. The Labute approximate surface area is 106 Å². The van der Waals surface area contributed by atoms with Crippen molar-refractivity contribution in [2.75, 3.05) is 23.4 Å². The Kier molecular flexibility index (Phi) is 4.72. The molecule has 0 radical (unpaired) electrons. The molecule has 1 N–H and O–H groups in total. The van der Waals surface area contributed by atoms with E-state index in [4.69, 9.17) is 0 Å². The fraction of sp³-hybridized carbons (Fsp3) is 0.400. The first-order chi connectivity index (χ1) is 8.71. The maximum Gasteiger partial charge on any atom is 0.200 e. The van der Waals surface area contributed by atoms with Crippen molar-refractivity contribution in [3.8, 4) is 0 Å². The topological polar surface area (TPSA) is 46.2 Å². The average Bonchev–Trinajstić information content (AvgIpc) is 2.38. The summed E-state index contributed by atoms with van der Waals surface area (Å²) in [5.41, 5.74) is -1.23. The van der Waals surface area contributed by atoms with E-state index in [1.54, 1.807) is 0 Å². The molecule has 0 heterocycles. The van der Waals surface area contributed by atoms with Crippen LogP contribution in [0.2, 0.25) is 0 Å². The van der Waals surface area contributed by atoms with Crippen LogP contribution in [-0.2, 0) is 9.84 Å². The largest absolute Gasteiger partial charge is 0.379 e. The van der Waals surface area contributed by atoms with Crippen LogP contribution in [0.25, 0.3) is 0 Å². The monoisotopic (exact) mass is 303 g/mol. The SMILES string of the molecule is CCS(=O)(=O)CCNc1c(F)c(F)c(F)c(F)c1F. The van der Waals surface area contributed by atoms with Gasteiger partial charge in [0.05, 0.1) is 5.75 Å². The minimum atomic E-state index is -3.41. The van der Waals surface area contributed by atoms with Gasteiger partial charge in [-0.2, -0.15) is 0 Å². The lowest BCUT2D eigenvalue weighted by molar-refractivity contribution is 0.381. The van der Waals surface area contributed by atoms with Gasteiger partial charge in [0, 0.05) is 12.3 Å². The van der Waals surface area contributed by atoms with Crippen molar-refractivity contribution >= 4 is 15.5 Å². The summed E-state index contributed by atoms with van der Waals surface area (Å²) in [4.78, 5) is 0. The molecule has 0 atom stereocenters. The van der Waals surface area contributed by atoms with Gasteiger partial charge in [0.1, 0.15) is 5.69 Å². The van der Waals surface area contributed by atoms with E-state index < -0.39 is 56.9 Å². The third-order valence-corrected chi connectivity index (χ3v) is 4.07. The molecule has 0 fully saturated rings. The molecule has 0 unspecified atom stereocenters. The molecule has 0 aliphatic heterocycles. The summed E-state index contributed by atoms with van der Waals surface area (Å²) >= 11 is 0. The summed E-state index contributed by atoms with van der Waals surface area (Å²) in [6, 6.07) is 0. The maximum atomic E-state index is 13.2. The molecule has 3 nitrogen and oxygen atoms in total. The lowest BCUT2D eigenvalue weighted by atomic mass is 10.2. The van der Waals surface area contributed by atoms with Gasteiger partial charge in [-0.1, -0.05) is 6.92 Å². The van der Waals surface area contributed by atoms with Crippen molar-refractivity contribution in [3.05, 3.63) is 29.1 Å². The highest BCUT2D eigenvalue weighted by molar-refractivity contribution is 7.91. The normalized spacial score (nSPS) is 11.7. The fourth-order valence-corrected chi connectivity index (χ4v) is 1.94. The van der Waals surface area contributed by atoms with Crippen LogP contribution in [-0.4, -0.2) is 26.5 Å². The van der Waals surface area contributed by atoms with Gasteiger partial charge in [-0.05, 0) is 0 Å². The Bertz CT molecular complexity index is 559. The minimum absolute atomic E-state index is 0.189. The summed E-state index contributed by atoms with van der Waals surface area (Å²) in [6.07, 6.45) is 0. The van der Waals surface area contributed by atoms with Gasteiger partial charge in [-0.15, -0.1) is 0 Å². The second-order valence-corrected chi connectivity index (χ2v) is 6.08. The number of benzene rings is 1. The molecule has 0 aliphatic carbocycles. The Morgan fingerprint density at radius 3 is 1.74 bits per heavy atom. The van der Waals surface area contributed by atoms with Crippen molar-refractivity contribution in [1.29, 1.82) is 0 Å². The number of halogens is 5. The number of hydrogen-bond acceptors (Lipinski definition) is 3. The molecule has 1 aromatic rings. The first-order valence-electron chi connectivity index (χ1n) is 5.17. The summed E-state index contributed by atoms with van der Waals surface area (Å²) in [6.45, 7) is 0.905. The number of nitrogens with one attached hydrogen (secondary N) is 1. The van der Waals surface area contributed by atoms with E-state index in [1.807, 2.05) is 5.32 Å². The Morgan fingerprint density at radius 1 is 0.895 bits per heavy atom. The van der Waals surface area contributed by atoms with E-state index in [-0.39, 0.29) is 5.75 Å². The van der Waals surface area contributed by atoms with Gasteiger partial charge in [-0.3, -0.25) is 0 Å². The van der Waals surface area contributed by atoms with Crippen LogP contribution >= 0.6 is 0 Å². The highest BCUT2D eigenvalue weighted by Crippen LogP contribution is 2.26. The van der Waals surface area contributed by atoms with E-state index in [9.17, 15) is 30.4 Å². The second-order valence-electron chi connectivity index (χ2n) is 3.61. The van der Waals surface area contributed by atoms with Gasteiger partial charge in [-0.25, -0.2) is 30.4 Å². The lowest BCUT2D eigenvalue weighted by Gasteiger charge is -2.10. The van der Waals surface area contributed by atoms with Crippen molar-refractivity contribution in [3.63, 3.8) is 0 Å². The molecule has 0 saturated carbocycles. The molecule has 1 aromatic carbocycles. The highest BCUT2D eigenvalue weighted by atomic mass is 32.2. The minimum Gasteiger partial charge on any atom is -0.379 e. The summed E-state index contributed by atoms with van der Waals surface area (Å²) in [7, 11) is -3.41. The summed E-state index contributed by atoms with van der Waals surface area (Å²) in [5, 5.41) is 1.90. The molecule has 0 saturated heterocycles. The van der Waals surface area contributed by atoms with Gasteiger partial charge in [0.2, 0.25) is 5.82 Å². The molecule has 0 spiro atoms. The van der Waals surface area contributed by atoms with Crippen LogP contribution in [0.5, 0.6) is 0 Å². The maximum absolute atomic E-state index is 13.2. The Morgan fingerprint density at radius 2 is 1.32 bits per heavy atom. The standard InChI is InChI=1S/C10H10F5NO2S/c1-2-19(17,18)4-3-16-10-8(14)6(12)5(11)7(13)9(10)15/h16H,2-4H2,1H3. The van der Waals surface area contributed by atoms with Crippen LogP contribution in [0.15, 0.2) is 0 Å². The summed E-state index contributed by atoms with van der Waals surface area (Å²) in [5.74, 6) is -11.1. The first-order valence-corrected chi connectivity index (χ1v) is 6.99. The van der Waals surface area contributed by atoms with E-state index in [0.29, 0.717) is 0 Å². The Hall–Kier alpha value is -1.38. The van der Waals surface area contributed by atoms with Crippen molar-refractivity contribution in [2.24, 2.45) is 0 Å². The van der Waals surface area contributed by atoms with Gasteiger partial charge in [0.25, 0.3) is 0 Å². The molecule has 0 aromatic heterocycles. The van der Waals surface area contributed by atoms with Gasteiger partial charge in [0.15, 0.2) is 33.1 Å². The fourth-order valence-electron chi connectivity index (χ4n) is 1.24. The summed E-state index contributed by atoms with van der Waals surface area (Å²) < 4.78 is 86.9. The molecule has 0 bridgehead atoms. The van der Waals surface area contributed by atoms with Gasteiger partial charge >= 0.3 is 0 Å². The number of hydrogen-bond donors (Lipinski definition) is 1.